The Balaban J connectivity index is 2.33. The van der Waals surface area contributed by atoms with E-state index in [1.165, 1.54) is 0 Å². The molecule has 5 heteroatoms. The van der Waals surface area contributed by atoms with Crippen LogP contribution in [0.2, 0.25) is 0 Å². The van der Waals surface area contributed by atoms with Gasteiger partial charge in [-0.05, 0) is 53.3 Å². The molecule has 1 heterocycles. The van der Waals surface area contributed by atoms with Crippen molar-refractivity contribution in [1.29, 1.82) is 0 Å². The van der Waals surface area contributed by atoms with Crippen LogP contribution in [0.25, 0.3) is 0 Å². The normalized spacial score (nSPS) is 10.4. The Bertz CT molecular complexity index is 572. The second-order valence-electron chi connectivity index (χ2n) is 4.42. The SMILES string of the molecule is CNCc1cc(Br)cnc1N(C)c1ccc(OC)cc1. The molecule has 0 bridgehead atoms. The number of anilines is 2. The van der Waals surface area contributed by atoms with E-state index >= 15 is 0 Å². The zero-order valence-electron chi connectivity index (χ0n) is 11.9. The van der Waals surface area contributed by atoms with Crippen molar-refractivity contribution >= 4 is 27.4 Å². The Morgan fingerprint density at radius 3 is 2.60 bits per heavy atom. The highest BCUT2D eigenvalue weighted by Gasteiger charge is 2.11. The van der Waals surface area contributed by atoms with Gasteiger partial charge in [-0.15, -0.1) is 0 Å². The lowest BCUT2D eigenvalue weighted by molar-refractivity contribution is 0.415. The van der Waals surface area contributed by atoms with E-state index in [9.17, 15) is 0 Å². The summed E-state index contributed by atoms with van der Waals surface area (Å²) in [5.74, 6) is 1.79. The van der Waals surface area contributed by atoms with Crippen molar-refractivity contribution in [3.05, 3.63) is 46.6 Å². The molecule has 0 aliphatic carbocycles. The molecule has 20 heavy (non-hydrogen) atoms. The van der Waals surface area contributed by atoms with E-state index in [-0.39, 0.29) is 0 Å². The van der Waals surface area contributed by atoms with Gasteiger partial charge in [-0.25, -0.2) is 4.98 Å². The van der Waals surface area contributed by atoms with Crippen LogP contribution >= 0.6 is 15.9 Å². The van der Waals surface area contributed by atoms with Crippen molar-refractivity contribution in [2.45, 2.75) is 6.54 Å². The number of nitrogens with zero attached hydrogens (tertiary/aromatic N) is 2. The van der Waals surface area contributed by atoms with Gasteiger partial charge in [-0.2, -0.15) is 0 Å². The summed E-state index contributed by atoms with van der Waals surface area (Å²) in [6.45, 7) is 0.766. The summed E-state index contributed by atoms with van der Waals surface area (Å²) in [7, 11) is 5.61. The molecule has 1 aromatic heterocycles. The highest BCUT2D eigenvalue weighted by Crippen LogP contribution is 2.28. The maximum absolute atomic E-state index is 5.18. The molecule has 0 aliphatic heterocycles. The third-order valence-electron chi connectivity index (χ3n) is 3.05. The number of hydrogen-bond donors (Lipinski definition) is 1. The van der Waals surface area contributed by atoms with Gasteiger partial charge in [-0.1, -0.05) is 0 Å². The first-order valence-electron chi connectivity index (χ1n) is 6.32. The molecule has 0 radical (unpaired) electrons. The third-order valence-corrected chi connectivity index (χ3v) is 3.49. The van der Waals surface area contributed by atoms with Crippen molar-refractivity contribution in [2.24, 2.45) is 0 Å². The molecule has 0 fully saturated rings. The zero-order valence-corrected chi connectivity index (χ0v) is 13.4. The fraction of sp³-hybridized carbons (Fsp3) is 0.267. The number of pyridine rings is 1. The van der Waals surface area contributed by atoms with Crippen molar-refractivity contribution in [3.63, 3.8) is 0 Å². The van der Waals surface area contributed by atoms with Gasteiger partial charge >= 0.3 is 0 Å². The van der Waals surface area contributed by atoms with Crippen LogP contribution in [0, 0.1) is 0 Å². The molecule has 1 aromatic carbocycles. The Morgan fingerprint density at radius 1 is 1.30 bits per heavy atom. The Morgan fingerprint density at radius 2 is 2.00 bits per heavy atom. The number of benzene rings is 1. The number of rotatable bonds is 5. The molecule has 0 saturated heterocycles. The number of hydrogen-bond acceptors (Lipinski definition) is 4. The molecule has 0 spiro atoms. The third kappa shape index (κ3) is 3.29. The lowest BCUT2D eigenvalue weighted by atomic mass is 10.2. The first kappa shape index (κ1) is 14.8. The molecular formula is C15H18BrN3O. The minimum Gasteiger partial charge on any atom is -0.497 e. The average Bonchev–Trinajstić information content (AvgIpc) is 2.47. The van der Waals surface area contributed by atoms with Crippen LogP contribution in [0.5, 0.6) is 5.75 Å². The van der Waals surface area contributed by atoms with Gasteiger partial charge in [0, 0.05) is 35.5 Å². The fourth-order valence-corrected chi connectivity index (χ4v) is 2.40. The molecule has 106 valence electrons. The summed E-state index contributed by atoms with van der Waals surface area (Å²) < 4.78 is 6.16. The monoisotopic (exact) mass is 335 g/mol. The summed E-state index contributed by atoms with van der Waals surface area (Å²) in [5.41, 5.74) is 2.21. The van der Waals surface area contributed by atoms with E-state index in [0.717, 1.165) is 33.8 Å². The van der Waals surface area contributed by atoms with Gasteiger partial charge in [-0.3, -0.25) is 0 Å². The van der Waals surface area contributed by atoms with E-state index in [4.69, 9.17) is 4.74 Å². The van der Waals surface area contributed by atoms with Crippen LogP contribution in [0.4, 0.5) is 11.5 Å². The lowest BCUT2D eigenvalue weighted by Crippen LogP contribution is -2.16. The summed E-state index contributed by atoms with van der Waals surface area (Å²) in [6.07, 6.45) is 1.81. The molecule has 0 saturated carbocycles. The van der Waals surface area contributed by atoms with Gasteiger partial charge in [0.1, 0.15) is 11.6 Å². The highest BCUT2D eigenvalue weighted by atomic mass is 79.9. The van der Waals surface area contributed by atoms with Crippen LogP contribution in [-0.2, 0) is 6.54 Å². The molecule has 2 rings (SSSR count). The molecule has 1 N–H and O–H groups in total. The van der Waals surface area contributed by atoms with Gasteiger partial charge in [0.25, 0.3) is 0 Å². The summed E-state index contributed by atoms with van der Waals surface area (Å²) in [4.78, 5) is 6.59. The van der Waals surface area contributed by atoms with Gasteiger partial charge < -0.3 is 15.0 Å². The standard InChI is InChI=1S/C15H18BrN3O/c1-17-9-11-8-12(16)10-18-15(11)19(2)13-4-6-14(20-3)7-5-13/h4-8,10,17H,9H2,1-3H3. The van der Waals surface area contributed by atoms with Gasteiger partial charge in [0.05, 0.1) is 7.11 Å². The molecule has 4 nitrogen and oxygen atoms in total. The molecule has 0 amide bonds. The quantitative estimate of drug-likeness (QED) is 0.909. The molecule has 0 aliphatic rings. The average molecular weight is 336 g/mol. The Kier molecular flexibility index (Phi) is 4.98. The predicted octanol–water partition coefficient (Wildman–Crippen LogP) is 3.34. The zero-order chi connectivity index (χ0) is 14.5. The second-order valence-corrected chi connectivity index (χ2v) is 5.34. The van der Waals surface area contributed by atoms with Crippen LogP contribution in [0.1, 0.15) is 5.56 Å². The maximum atomic E-state index is 5.18. The summed E-state index contributed by atoms with van der Waals surface area (Å²) in [5, 5.41) is 3.17. The maximum Gasteiger partial charge on any atom is 0.137 e. The van der Waals surface area contributed by atoms with Crippen molar-refractivity contribution in [3.8, 4) is 5.75 Å². The van der Waals surface area contributed by atoms with Gasteiger partial charge in [0.2, 0.25) is 0 Å². The van der Waals surface area contributed by atoms with E-state index in [1.807, 2.05) is 44.6 Å². The van der Waals surface area contributed by atoms with E-state index in [1.54, 1.807) is 7.11 Å². The first-order valence-corrected chi connectivity index (χ1v) is 7.12. The summed E-state index contributed by atoms with van der Waals surface area (Å²) in [6, 6.07) is 10.0. The predicted molar refractivity (Wildman–Crippen MR) is 85.8 cm³/mol. The minimum absolute atomic E-state index is 0.766. The Labute approximate surface area is 127 Å². The Hall–Kier alpha value is -1.59. The van der Waals surface area contributed by atoms with E-state index in [0.29, 0.717) is 0 Å². The van der Waals surface area contributed by atoms with Crippen LogP contribution < -0.4 is 15.0 Å². The lowest BCUT2D eigenvalue weighted by Gasteiger charge is -2.21. The topological polar surface area (TPSA) is 37.4 Å². The number of ether oxygens (including phenoxy) is 1. The molecule has 0 unspecified atom stereocenters. The van der Waals surface area contributed by atoms with E-state index < -0.39 is 0 Å². The first-order chi connectivity index (χ1) is 9.65. The fourth-order valence-electron chi connectivity index (χ4n) is 2.02. The number of aromatic nitrogens is 1. The van der Waals surface area contributed by atoms with Gasteiger partial charge in [0.15, 0.2) is 0 Å². The van der Waals surface area contributed by atoms with Crippen LogP contribution in [0.3, 0.4) is 0 Å². The number of methoxy groups -OCH3 is 1. The highest BCUT2D eigenvalue weighted by molar-refractivity contribution is 9.10. The molecule has 0 atom stereocenters. The largest absolute Gasteiger partial charge is 0.497 e. The van der Waals surface area contributed by atoms with Crippen molar-refractivity contribution in [2.75, 3.05) is 26.1 Å². The number of nitrogens with one attached hydrogen (secondary N) is 1. The summed E-state index contributed by atoms with van der Waals surface area (Å²) >= 11 is 3.47. The molecule has 2 aromatic rings. The van der Waals surface area contributed by atoms with Crippen LogP contribution in [0.15, 0.2) is 41.0 Å². The smallest absolute Gasteiger partial charge is 0.137 e. The van der Waals surface area contributed by atoms with Crippen molar-refractivity contribution in [1.82, 2.24) is 10.3 Å². The number of halogens is 1. The van der Waals surface area contributed by atoms with E-state index in [2.05, 4.69) is 37.2 Å². The minimum atomic E-state index is 0.766. The van der Waals surface area contributed by atoms with Crippen molar-refractivity contribution < 1.29 is 4.74 Å². The molecular weight excluding hydrogens is 318 g/mol. The second kappa shape index (κ2) is 6.72. The van der Waals surface area contributed by atoms with Crippen LogP contribution in [-0.4, -0.2) is 26.2 Å².